The number of nitrogens with two attached hydrogens (primary N) is 1. The predicted octanol–water partition coefficient (Wildman–Crippen LogP) is 3.22. The highest BCUT2D eigenvalue weighted by atomic mass is 127. The molecule has 0 aliphatic carbocycles. The highest BCUT2D eigenvalue weighted by molar-refractivity contribution is 14.1. The van der Waals surface area contributed by atoms with Crippen molar-refractivity contribution in [3.8, 4) is 5.75 Å². The van der Waals surface area contributed by atoms with E-state index in [9.17, 15) is 0 Å². The maximum atomic E-state index is 6.13. The predicted molar refractivity (Wildman–Crippen MR) is 83.3 cm³/mol. The van der Waals surface area contributed by atoms with Gasteiger partial charge in [0.1, 0.15) is 17.2 Å². The first-order valence-electron chi connectivity index (χ1n) is 6.24. The number of rotatable bonds is 1. The third-order valence-electron chi connectivity index (χ3n) is 3.43. The summed E-state index contributed by atoms with van der Waals surface area (Å²) in [5.41, 5.74) is 7.06. The van der Waals surface area contributed by atoms with E-state index in [2.05, 4.69) is 47.6 Å². The third-order valence-corrected chi connectivity index (χ3v) is 4.26. The molecular formula is C14H16IN3O. The Morgan fingerprint density at radius 3 is 2.84 bits per heavy atom. The van der Waals surface area contributed by atoms with Crippen molar-refractivity contribution in [2.24, 2.45) is 0 Å². The smallest absolute Gasteiger partial charge is 0.135 e. The van der Waals surface area contributed by atoms with E-state index in [-0.39, 0.29) is 11.6 Å². The molecule has 1 aromatic carbocycles. The molecule has 5 heteroatoms. The van der Waals surface area contributed by atoms with E-state index < -0.39 is 0 Å². The van der Waals surface area contributed by atoms with Crippen LogP contribution in [-0.2, 0) is 0 Å². The van der Waals surface area contributed by atoms with E-state index in [0.29, 0.717) is 0 Å². The molecule has 2 N–H and O–H groups in total. The molecule has 100 valence electrons. The maximum absolute atomic E-state index is 6.13. The van der Waals surface area contributed by atoms with Gasteiger partial charge in [0.25, 0.3) is 0 Å². The van der Waals surface area contributed by atoms with E-state index in [1.807, 2.05) is 22.9 Å². The number of hydrogen-bond donors (Lipinski definition) is 1. The first-order valence-corrected chi connectivity index (χ1v) is 7.32. The standard InChI is InChI=1S/C14H16IN3O/c1-14(2)7-11(18-13(16)10(15)8-17-18)9-5-3-4-6-12(9)19-14/h3-6,8,11H,7,16H2,1-2H3. The lowest BCUT2D eigenvalue weighted by Crippen LogP contribution is -2.37. The Morgan fingerprint density at radius 2 is 2.16 bits per heavy atom. The number of aromatic nitrogens is 2. The summed E-state index contributed by atoms with van der Waals surface area (Å²) in [6.45, 7) is 4.20. The molecule has 2 heterocycles. The van der Waals surface area contributed by atoms with Gasteiger partial charge >= 0.3 is 0 Å². The Hall–Kier alpha value is -1.24. The molecule has 3 rings (SSSR count). The van der Waals surface area contributed by atoms with E-state index in [0.717, 1.165) is 27.1 Å². The summed E-state index contributed by atoms with van der Waals surface area (Å²) in [5, 5.41) is 4.43. The molecule has 0 saturated carbocycles. The van der Waals surface area contributed by atoms with Crippen LogP contribution in [0.5, 0.6) is 5.75 Å². The van der Waals surface area contributed by atoms with Gasteiger partial charge in [-0.1, -0.05) is 18.2 Å². The van der Waals surface area contributed by atoms with Gasteiger partial charge in [-0.2, -0.15) is 5.10 Å². The molecule has 0 bridgehead atoms. The topological polar surface area (TPSA) is 53.1 Å². The van der Waals surface area contributed by atoms with Crippen LogP contribution in [0.3, 0.4) is 0 Å². The number of fused-ring (bicyclic) bond motifs is 1. The molecule has 1 unspecified atom stereocenters. The summed E-state index contributed by atoms with van der Waals surface area (Å²) < 4.78 is 8.93. The van der Waals surface area contributed by atoms with Crippen molar-refractivity contribution in [2.45, 2.75) is 31.9 Å². The molecule has 0 saturated heterocycles. The first kappa shape index (κ1) is 12.8. The van der Waals surface area contributed by atoms with Crippen molar-refractivity contribution >= 4 is 28.4 Å². The molecule has 0 radical (unpaired) electrons. The minimum atomic E-state index is -0.219. The van der Waals surface area contributed by atoms with Gasteiger partial charge in [-0.25, -0.2) is 4.68 Å². The van der Waals surface area contributed by atoms with Crippen molar-refractivity contribution in [3.63, 3.8) is 0 Å². The van der Waals surface area contributed by atoms with E-state index in [4.69, 9.17) is 10.5 Å². The van der Waals surface area contributed by atoms with Gasteiger partial charge in [-0.15, -0.1) is 0 Å². The zero-order chi connectivity index (χ0) is 13.6. The summed E-state index contributed by atoms with van der Waals surface area (Å²) in [5.74, 6) is 1.65. The van der Waals surface area contributed by atoms with Crippen LogP contribution < -0.4 is 10.5 Å². The van der Waals surface area contributed by atoms with Crippen molar-refractivity contribution < 1.29 is 4.74 Å². The Balaban J connectivity index is 2.13. The average Bonchev–Trinajstić information content (AvgIpc) is 2.68. The van der Waals surface area contributed by atoms with Gasteiger partial charge in [0, 0.05) is 12.0 Å². The van der Waals surface area contributed by atoms with Crippen LogP contribution in [0.15, 0.2) is 30.5 Å². The fraction of sp³-hybridized carbons (Fsp3) is 0.357. The van der Waals surface area contributed by atoms with Crippen molar-refractivity contribution in [3.05, 3.63) is 39.6 Å². The highest BCUT2D eigenvalue weighted by Crippen LogP contribution is 2.42. The summed E-state index contributed by atoms with van der Waals surface area (Å²) in [4.78, 5) is 0. The molecular weight excluding hydrogens is 353 g/mol. The van der Waals surface area contributed by atoms with Crippen LogP contribution in [0.25, 0.3) is 0 Å². The fourth-order valence-corrected chi connectivity index (χ4v) is 2.95. The molecule has 1 aromatic heterocycles. The molecule has 2 aromatic rings. The van der Waals surface area contributed by atoms with Gasteiger partial charge in [0.2, 0.25) is 0 Å². The van der Waals surface area contributed by atoms with Crippen LogP contribution in [0.2, 0.25) is 0 Å². The average molecular weight is 369 g/mol. The molecule has 1 atom stereocenters. The van der Waals surface area contributed by atoms with Crippen LogP contribution >= 0.6 is 22.6 Å². The third kappa shape index (κ3) is 2.20. The Bertz CT molecular complexity index is 621. The van der Waals surface area contributed by atoms with Gasteiger partial charge in [-0.05, 0) is 42.5 Å². The molecule has 1 aliphatic rings. The summed E-state index contributed by atoms with van der Waals surface area (Å²) in [6.07, 6.45) is 2.66. The Labute approximate surface area is 126 Å². The first-order chi connectivity index (χ1) is 8.98. The zero-order valence-electron chi connectivity index (χ0n) is 10.9. The number of hydrogen-bond acceptors (Lipinski definition) is 3. The van der Waals surface area contributed by atoms with Gasteiger partial charge in [0.05, 0.1) is 15.8 Å². The van der Waals surface area contributed by atoms with Crippen LogP contribution in [0.1, 0.15) is 31.9 Å². The van der Waals surface area contributed by atoms with Gasteiger partial charge < -0.3 is 10.5 Å². The largest absolute Gasteiger partial charge is 0.487 e. The quantitative estimate of drug-likeness (QED) is 0.786. The molecule has 0 amide bonds. The van der Waals surface area contributed by atoms with Crippen LogP contribution in [0, 0.1) is 3.57 Å². The minimum Gasteiger partial charge on any atom is -0.487 e. The summed E-state index contributed by atoms with van der Waals surface area (Å²) in [6, 6.07) is 8.24. The lowest BCUT2D eigenvalue weighted by molar-refractivity contribution is 0.0652. The zero-order valence-corrected chi connectivity index (χ0v) is 13.1. The molecule has 19 heavy (non-hydrogen) atoms. The number of para-hydroxylation sites is 1. The second kappa shape index (κ2) is 4.40. The molecule has 4 nitrogen and oxygen atoms in total. The monoisotopic (exact) mass is 369 g/mol. The second-order valence-electron chi connectivity index (χ2n) is 5.44. The number of nitrogen functional groups attached to an aromatic ring is 1. The van der Waals surface area contributed by atoms with Crippen LogP contribution in [0.4, 0.5) is 5.82 Å². The summed E-state index contributed by atoms with van der Waals surface area (Å²) >= 11 is 2.21. The van der Waals surface area contributed by atoms with E-state index >= 15 is 0 Å². The normalized spacial score (nSPS) is 20.7. The van der Waals surface area contributed by atoms with Crippen molar-refractivity contribution in [1.82, 2.24) is 9.78 Å². The highest BCUT2D eigenvalue weighted by Gasteiger charge is 2.35. The second-order valence-corrected chi connectivity index (χ2v) is 6.60. The van der Waals surface area contributed by atoms with Gasteiger partial charge in [0.15, 0.2) is 0 Å². The number of halogens is 1. The number of benzene rings is 1. The Kier molecular flexibility index (Phi) is 2.96. The summed E-state index contributed by atoms with van der Waals surface area (Å²) in [7, 11) is 0. The van der Waals surface area contributed by atoms with Crippen molar-refractivity contribution in [1.29, 1.82) is 0 Å². The Morgan fingerprint density at radius 1 is 1.42 bits per heavy atom. The molecule has 1 aliphatic heterocycles. The van der Waals surface area contributed by atoms with E-state index in [1.54, 1.807) is 6.20 Å². The lowest BCUT2D eigenvalue weighted by atomic mass is 9.90. The number of anilines is 1. The molecule has 0 spiro atoms. The van der Waals surface area contributed by atoms with E-state index in [1.165, 1.54) is 0 Å². The molecule has 0 fully saturated rings. The number of ether oxygens (including phenoxy) is 1. The fourth-order valence-electron chi connectivity index (χ4n) is 2.58. The lowest BCUT2D eigenvalue weighted by Gasteiger charge is -2.37. The van der Waals surface area contributed by atoms with Crippen molar-refractivity contribution in [2.75, 3.05) is 5.73 Å². The van der Waals surface area contributed by atoms with Gasteiger partial charge in [-0.3, -0.25) is 0 Å². The number of nitrogens with zero attached hydrogens (tertiary/aromatic N) is 2. The maximum Gasteiger partial charge on any atom is 0.135 e. The van der Waals surface area contributed by atoms with Crippen LogP contribution in [-0.4, -0.2) is 15.4 Å². The SMILES string of the molecule is CC1(C)CC(n2ncc(I)c2N)c2ccccc2O1. The minimum absolute atomic E-state index is 0.128.